The van der Waals surface area contributed by atoms with Crippen molar-refractivity contribution in [2.45, 2.75) is 40.2 Å². The molecule has 0 radical (unpaired) electrons. The Labute approximate surface area is 96.3 Å². The molecule has 88 valence electrons. The first-order valence-electron chi connectivity index (χ1n) is 5.49. The third-order valence-electron chi connectivity index (χ3n) is 2.61. The van der Waals surface area contributed by atoms with Crippen molar-refractivity contribution in [1.29, 1.82) is 0 Å². The monoisotopic (exact) mass is 222 g/mol. The molecular formula is C13H18O3. The molecule has 1 aromatic rings. The van der Waals surface area contributed by atoms with Gasteiger partial charge in [0, 0.05) is 0 Å². The maximum absolute atomic E-state index is 11.6. The van der Waals surface area contributed by atoms with E-state index in [-0.39, 0.29) is 6.10 Å². The van der Waals surface area contributed by atoms with Crippen LogP contribution in [-0.4, -0.2) is 12.1 Å². The zero-order valence-corrected chi connectivity index (χ0v) is 10.2. The Balaban J connectivity index is 2.63. The Hall–Kier alpha value is -1.35. The summed E-state index contributed by atoms with van der Waals surface area (Å²) in [6, 6.07) is 5.44. The van der Waals surface area contributed by atoms with Crippen LogP contribution in [0.25, 0.3) is 0 Å². The van der Waals surface area contributed by atoms with Gasteiger partial charge < -0.3 is 0 Å². The van der Waals surface area contributed by atoms with E-state index in [1.54, 1.807) is 12.1 Å². The van der Waals surface area contributed by atoms with Crippen LogP contribution >= 0.6 is 0 Å². The summed E-state index contributed by atoms with van der Waals surface area (Å²) in [5, 5.41) is 0. The summed E-state index contributed by atoms with van der Waals surface area (Å²) in [5.41, 5.74) is 2.74. The highest BCUT2D eigenvalue weighted by molar-refractivity contribution is 5.89. The van der Waals surface area contributed by atoms with Gasteiger partial charge in [-0.05, 0) is 50.5 Å². The molecule has 1 rings (SSSR count). The van der Waals surface area contributed by atoms with Crippen LogP contribution in [0.4, 0.5) is 0 Å². The van der Waals surface area contributed by atoms with E-state index in [2.05, 4.69) is 0 Å². The predicted octanol–water partition coefficient (Wildman–Crippen LogP) is 3.19. The first kappa shape index (κ1) is 12.7. The van der Waals surface area contributed by atoms with E-state index in [9.17, 15) is 4.79 Å². The lowest BCUT2D eigenvalue weighted by Gasteiger charge is -2.09. The second-order valence-corrected chi connectivity index (χ2v) is 3.98. The van der Waals surface area contributed by atoms with E-state index in [0.717, 1.165) is 17.5 Å². The molecule has 0 aliphatic rings. The number of hydrogen-bond donors (Lipinski definition) is 0. The van der Waals surface area contributed by atoms with Crippen LogP contribution in [0.1, 0.15) is 41.8 Å². The second kappa shape index (κ2) is 5.66. The van der Waals surface area contributed by atoms with Gasteiger partial charge in [0.1, 0.15) is 6.10 Å². The van der Waals surface area contributed by atoms with Crippen LogP contribution in [0, 0.1) is 13.8 Å². The van der Waals surface area contributed by atoms with E-state index in [0.29, 0.717) is 5.56 Å². The van der Waals surface area contributed by atoms with Crippen molar-refractivity contribution < 1.29 is 14.6 Å². The highest BCUT2D eigenvalue weighted by Crippen LogP contribution is 2.11. The fraction of sp³-hybridized carbons (Fsp3) is 0.462. The molecule has 0 aromatic heterocycles. The molecule has 0 spiro atoms. The van der Waals surface area contributed by atoms with Crippen LogP contribution in [0.2, 0.25) is 0 Å². The van der Waals surface area contributed by atoms with Crippen LogP contribution in [0.3, 0.4) is 0 Å². The fourth-order valence-corrected chi connectivity index (χ4v) is 1.11. The largest absolute Gasteiger partial charge is 0.373 e. The number of hydrogen-bond acceptors (Lipinski definition) is 3. The van der Waals surface area contributed by atoms with E-state index in [4.69, 9.17) is 9.78 Å². The van der Waals surface area contributed by atoms with Gasteiger partial charge in [0.2, 0.25) is 0 Å². The zero-order valence-electron chi connectivity index (χ0n) is 10.2. The van der Waals surface area contributed by atoms with Gasteiger partial charge in [-0.25, -0.2) is 4.79 Å². The van der Waals surface area contributed by atoms with E-state index in [1.165, 1.54) is 0 Å². The highest BCUT2D eigenvalue weighted by atomic mass is 17.2. The molecule has 0 fully saturated rings. The lowest BCUT2D eigenvalue weighted by molar-refractivity contribution is -0.270. The molecule has 0 aliphatic heterocycles. The summed E-state index contributed by atoms with van der Waals surface area (Å²) < 4.78 is 0. The van der Waals surface area contributed by atoms with Crippen LogP contribution in [0.5, 0.6) is 0 Å². The summed E-state index contributed by atoms with van der Waals surface area (Å²) in [4.78, 5) is 21.2. The van der Waals surface area contributed by atoms with Crippen molar-refractivity contribution in [2.75, 3.05) is 0 Å². The van der Waals surface area contributed by atoms with Gasteiger partial charge in [-0.1, -0.05) is 13.0 Å². The number of carbonyl (C=O) groups excluding carboxylic acids is 1. The minimum absolute atomic E-state index is 0.0736. The summed E-state index contributed by atoms with van der Waals surface area (Å²) >= 11 is 0. The quantitative estimate of drug-likeness (QED) is 0.579. The molecule has 0 saturated carbocycles. The van der Waals surface area contributed by atoms with Gasteiger partial charge in [0.25, 0.3) is 0 Å². The van der Waals surface area contributed by atoms with E-state index in [1.807, 2.05) is 33.8 Å². The Morgan fingerprint density at radius 3 is 2.56 bits per heavy atom. The smallest absolute Gasteiger partial charge is 0.293 e. The van der Waals surface area contributed by atoms with Gasteiger partial charge in [-0.3, -0.25) is 4.89 Å². The maximum atomic E-state index is 11.6. The molecule has 3 heteroatoms. The molecule has 1 aromatic carbocycles. The minimum Gasteiger partial charge on any atom is -0.293 e. The van der Waals surface area contributed by atoms with Gasteiger partial charge in [-0.15, -0.1) is 0 Å². The zero-order chi connectivity index (χ0) is 12.1. The molecule has 1 atom stereocenters. The molecule has 0 aliphatic carbocycles. The predicted molar refractivity (Wildman–Crippen MR) is 62.2 cm³/mol. The normalized spacial score (nSPS) is 12.2. The standard InChI is InChI=1S/C13H18O3/c1-5-11(4)15-16-13(14)12-7-6-9(2)10(3)8-12/h6-8,11H,5H2,1-4H3. The van der Waals surface area contributed by atoms with Gasteiger partial charge in [0.05, 0.1) is 5.56 Å². The third kappa shape index (κ3) is 3.35. The molecule has 0 saturated heterocycles. The topological polar surface area (TPSA) is 35.5 Å². The Kier molecular flexibility index (Phi) is 4.50. The average Bonchev–Trinajstić information content (AvgIpc) is 2.29. The van der Waals surface area contributed by atoms with Crippen molar-refractivity contribution in [1.82, 2.24) is 0 Å². The van der Waals surface area contributed by atoms with Crippen molar-refractivity contribution in [2.24, 2.45) is 0 Å². The number of aryl methyl sites for hydroxylation is 2. The second-order valence-electron chi connectivity index (χ2n) is 3.98. The summed E-state index contributed by atoms with van der Waals surface area (Å²) in [7, 11) is 0. The summed E-state index contributed by atoms with van der Waals surface area (Å²) in [6.07, 6.45) is 0.732. The molecular weight excluding hydrogens is 204 g/mol. The van der Waals surface area contributed by atoms with E-state index < -0.39 is 5.97 Å². The Morgan fingerprint density at radius 1 is 1.31 bits per heavy atom. The van der Waals surface area contributed by atoms with Gasteiger partial charge in [0.15, 0.2) is 0 Å². The SMILES string of the molecule is CCC(C)OOC(=O)c1ccc(C)c(C)c1. The lowest BCUT2D eigenvalue weighted by Crippen LogP contribution is -2.12. The van der Waals surface area contributed by atoms with E-state index >= 15 is 0 Å². The third-order valence-corrected chi connectivity index (χ3v) is 2.61. The van der Waals surface area contributed by atoms with Crippen molar-refractivity contribution in [3.8, 4) is 0 Å². The van der Waals surface area contributed by atoms with Crippen molar-refractivity contribution in [3.05, 3.63) is 34.9 Å². The molecule has 0 bridgehead atoms. The highest BCUT2D eigenvalue weighted by Gasteiger charge is 2.10. The molecule has 0 heterocycles. The molecule has 3 nitrogen and oxygen atoms in total. The maximum Gasteiger partial charge on any atom is 0.373 e. The summed E-state index contributed by atoms with van der Waals surface area (Å²) in [6.45, 7) is 7.78. The Morgan fingerprint density at radius 2 is 2.00 bits per heavy atom. The van der Waals surface area contributed by atoms with Crippen molar-refractivity contribution in [3.63, 3.8) is 0 Å². The van der Waals surface area contributed by atoms with Crippen LogP contribution in [0.15, 0.2) is 18.2 Å². The summed E-state index contributed by atoms with van der Waals surface area (Å²) in [5.74, 6) is -0.441. The minimum atomic E-state index is -0.441. The Bertz CT molecular complexity index is 371. The molecule has 0 N–H and O–H groups in total. The average molecular weight is 222 g/mol. The molecule has 1 unspecified atom stereocenters. The fourth-order valence-electron chi connectivity index (χ4n) is 1.11. The van der Waals surface area contributed by atoms with Crippen LogP contribution < -0.4 is 0 Å². The number of carbonyl (C=O) groups is 1. The van der Waals surface area contributed by atoms with Crippen LogP contribution in [-0.2, 0) is 9.78 Å². The lowest BCUT2D eigenvalue weighted by atomic mass is 10.1. The number of rotatable bonds is 4. The van der Waals surface area contributed by atoms with Crippen molar-refractivity contribution >= 4 is 5.97 Å². The molecule has 16 heavy (non-hydrogen) atoms. The first-order valence-corrected chi connectivity index (χ1v) is 5.49. The first-order chi connectivity index (χ1) is 7.54. The van der Waals surface area contributed by atoms with Gasteiger partial charge in [-0.2, -0.15) is 4.89 Å². The number of benzene rings is 1. The molecule has 0 amide bonds. The van der Waals surface area contributed by atoms with Gasteiger partial charge >= 0.3 is 5.97 Å².